The first kappa shape index (κ1) is 11.0. The van der Waals surface area contributed by atoms with Crippen molar-refractivity contribution in [2.24, 2.45) is 0 Å². The van der Waals surface area contributed by atoms with Gasteiger partial charge in [0, 0.05) is 12.1 Å². The number of benzene rings is 1. The molecule has 3 heterocycles. The molecule has 2 aliphatic heterocycles. The molecule has 0 saturated carbocycles. The maximum atomic E-state index is 5.64. The average molecular weight is 260 g/mol. The molecule has 4 rings (SSSR count). The topological polar surface area (TPSA) is 61.2 Å². The zero-order valence-electron chi connectivity index (χ0n) is 10.6. The lowest BCUT2D eigenvalue weighted by Gasteiger charge is -2.23. The van der Waals surface area contributed by atoms with E-state index in [0.717, 1.165) is 48.5 Å². The third kappa shape index (κ3) is 1.83. The summed E-state index contributed by atoms with van der Waals surface area (Å²) in [6, 6.07) is 4.36. The van der Waals surface area contributed by atoms with Crippen molar-refractivity contribution in [2.45, 2.75) is 18.9 Å². The monoisotopic (exact) mass is 260 g/mol. The van der Waals surface area contributed by atoms with E-state index in [2.05, 4.69) is 15.6 Å². The highest BCUT2D eigenvalue weighted by Crippen LogP contribution is 2.35. The number of nitrogens with zero attached hydrogens (tertiary/aromatic N) is 3. The normalized spacial score (nSPS) is 19.8. The van der Waals surface area contributed by atoms with Crippen LogP contribution in [0.15, 0.2) is 12.1 Å². The number of rotatable bonds is 1. The Kier molecular flexibility index (Phi) is 2.55. The minimum absolute atomic E-state index is 0.425. The lowest BCUT2D eigenvalue weighted by atomic mass is 10.1. The summed E-state index contributed by atoms with van der Waals surface area (Å²) >= 11 is 0. The molecule has 6 heteroatoms. The summed E-state index contributed by atoms with van der Waals surface area (Å²) in [5, 5.41) is 11.9. The zero-order chi connectivity index (χ0) is 12.7. The van der Waals surface area contributed by atoms with E-state index in [9.17, 15) is 0 Å². The molecule has 100 valence electrons. The fraction of sp³-hybridized carbons (Fsp3) is 0.538. The van der Waals surface area contributed by atoms with Gasteiger partial charge in [-0.1, -0.05) is 5.21 Å². The maximum absolute atomic E-state index is 5.64. The van der Waals surface area contributed by atoms with Gasteiger partial charge in [-0.15, -0.1) is 5.10 Å². The smallest absolute Gasteiger partial charge is 0.163 e. The molecule has 0 unspecified atom stereocenters. The molecule has 1 N–H and O–H groups in total. The number of aromatic nitrogens is 3. The fourth-order valence-corrected chi connectivity index (χ4v) is 2.80. The van der Waals surface area contributed by atoms with Gasteiger partial charge in [-0.25, -0.2) is 4.68 Å². The predicted octanol–water partition coefficient (Wildman–Crippen LogP) is 1.13. The summed E-state index contributed by atoms with van der Waals surface area (Å²) in [4.78, 5) is 0. The lowest BCUT2D eigenvalue weighted by molar-refractivity contribution is 0.172. The first-order valence-corrected chi connectivity index (χ1v) is 6.77. The Morgan fingerprint density at radius 1 is 1.11 bits per heavy atom. The van der Waals surface area contributed by atoms with Crippen LogP contribution < -0.4 is 14.8 Å². The van der Waals surface area contributed by atoms with Gasteiger partial charge in [-0.05, 0) is 25.9 Å². The summed E-state index contributed by atoms with van der Waals surface area (Å²) in [6.07, 6.45) is 2.18. The van der Waals surface area contributed by atoms with Crippen molar-refractivity contribution in [1.82, 2.24) is 20.3 Å². The van der Waals surface area contributed by atoms with E-state index >= 15 is 0 Å². The van der Waals surface area contributed by atoms with E-state index in [4.69, 9.17) is 9.47 Å². The van der Waals surface area contributed by atoms with Gasteiger partial charge in [-0.2, -0.15) is 0 Å². The van der Waals surface area contributed by atoms with Gasteiger partial charge in [-0.3, -0.25) is 0 Å². The highest BCUT2D eigenvalue weighted by atomic mass is 16.6. The van der Waals surface area contributed by atoms with E-state index in [1.165, 1.54) is 0 Å². The Bertz CT molecular complexity index is 604. The second kappa shape index (κ2) is 4.38. The third-order valence-electron chi connectivity index (χ3n) is 3.79. The molecule has 0 spiro atoms. The Hall–Kier alpha value is -1.82. The van der Waals surface area contributed by atoms with Gasteiger partial charge >= 0.3 is 0 Å². The summed E-state index contributed by atoms with van der Waals surface area (Å²) < 4.78 is 13.2. The van der Waals surface area contributed by atoms with Crippen molar-refractivity contribution in [1.29, 1.82) is 0 Å². The summed E-state index contributed by atoms with van der Waals surface area (Å²) in [6.45, 7) is 3.28. The van der Waals surface area contributed by atoms with Gasteiger partial charge in [0.05, 0.1) is 11.6 Å². The molecular formula is C13H16N4O2. The molecule has 19 heavy (non-hydrogen) atoms. The van der Waals surface area contributed by atoms with Gasteiger partial charge in [0.2, 0.25) is 0 Å². The van der Waals surface area contributed by atoms with Gasteiger partial charge in [0.15, 0.2) is 11.5 Å². The highest BCUT2D eigenvalue weighted by Gasteiger charge is 2.21. The van der Waals surface area contributed by atoms with E-state index in [1.807, 2.05) is 16.8 Å². The minimum atomic E-state index is 0.425. The molecule has 2 aromatic rings. The molecule has 1 aromatic carbocycles. The van der Waals surface area contributed by atoms with Crippen molar-refractivity contribution in [3.8, 4) is 11.5 Å². The van der Waals surface area contributed by atoms with Crippen LogP contribution in [0, 0.1) is 0 Å². The van der Waals surface area contributed by atoms with Crippen molar-refractivity contribution < 1.29 is 9.47 Å². The summed E-state index contributed by atoms with van der Waals surface area (Å²) in [5.74, 6) is 1.58. The third-order valence-corrected chi connectivity index (χ3v) is 3.79. The Morgan fingerprint density at radius 2 is 1.84 bits per heavy atom. The van der Waals surface area contributed by atoms with Crippen molar-refractivity contribution in [3.05, 3.63) is 12.1 Å². The largest absolute Gasteiger partial charge is 0.486 e. The molecule has 1 saturated heterocycles. The molecule has 1 aromatic heterocycles. The first-order chi connectivity index (χ1) is 9.42. The summed E-state index contributed by atoms with van der Waals surface area (Å²) in [5.41, 5.74) is 1.92. The summed E-state index contributed by atoms with van der Waals surface area (Å²) in [7, 11) is 0. The molecule has 0 atom stereocenters. The lowest BCUT2D eigenvalue weighted by Crippen LogP contribution is -2.29. The molecule has 1 fully saturated rings. The van der Waals surface area contributed by atoms with Crippen LogP contribution in [0.5, 0.6) is 11.5 Å². The molecule has 0 amide bonds. The minimum Gasteiger partial charge on any atom is -0.486 e. The average Bonchev–Trinajstić information content (AvgIpc) is 2.88. The number of piperidine rings is 1. The van der Waals surface area contributed by atoms with Crippen LogP contribution in [-0.2, 0) is 0 Å². The van der Waals surface area contributed by atoms with Crippen LogP contribution >= 0.6 is 0 Å². The SMILES string of the molecule is c1c2c(cc3c1nnn3C1CCNCC1)OCCO2. The number of hydrogen-bond acceptors (Lipinski definition) is 5. The second-order valence-corrected chi connectivity index (χ2v) is 5.00. The molecule has 2 aliphatic rings. The van der Waals surface area contributed by atoms with E-state index in [1.54, 1.807) is 0 Å². The Labute approximate surface area is 110 Å². The van der Waals surface area contributed by atoms with Gasteiger partial charge < -0.3 is 14.8 Å². The van der Waals surface area contributed by atoms with Crippen LogP contribution in [0.25, 0.3) is 11.0 Å². The predicted molar refractivity (Wildman–Crippen MR) is 69.7 cm³/mol. The van der Waals surface area contributed by atoms with Crippen LogP contribution in [-0.4, -0.2) is 41.3 Å². The molecule has 0 bridgehead atoms. The highest BCUT2D eigenvalue weighted by molar-refractivity contribution is 5.79. The van der Waals surface area contributed by atoms with Gasteiger partial charge in [0.25, 0.3) is 0 Å². The number of hydrogen-bond donors (Lipinski definition) is 1. The Morgan fingerprint density at radius 3 is 2.63 bits per heavy atom. The van der Waals surface area contributed by atoms with Crippen LogP contribution in [0.2, 0.25) is 0 Å². The zero-order valence-corrected chi connectivity index (χ0v) is 10.6. The number of nitrogens with one attached hydrogen (secondary N) is 1. The van der Waals surface area contributed by atoms with E-state index in [-0.39, 0.29) is 0 Å². The van der Waals surface area contributed by atoms with Crippen molar-refractivity contribution >= 4 is 11.0 Å². The van der Waals surface area contributed by atoms with E-state index in [0.29, 0.717) is 19.3 Å². The number of ether oxygens (including phenoxy) is 2. The first-order valence-electron chi connectivity index (χ1n) is 6.77. The maximum Gasteiger partial charge on any atom is 0.163 e. The standard InChI is InChI=1S/C13H16N4O2/c1-3-14-4-2-9(1)17-11-8-13-12(18-5-6-19-13)7-10(11)15-16-17/h7-9,14H,1-6H2. The molecule has 6 nitrogen and oxygen atoms in total. The van der Waals surface area contributed by atoms with Crippen LogP contribution in [0.3, 0.4) is 0 Å². The van der Waals surface area contributed by atoms with Crippen LogP contribution in [0.4, 0.5) is 0 Å². The van der Waals surface area contributed by atoms with Gasteiger partial charge in [0.1, 0.15) is 18.7 Å². The quantitative estimate of drug-likeness (QED) is 0.832. The second-order valence-electron chi connectivity index (χ2n) is 5.00. The van der Waals surface area contributed by atoms with E-state index < -0.39 is 0 Å². The number of fused-ring (bicyclic) bond motifs is 2. The molecule has 0 radical (unpaired) electrons. The molecule has 0 aliphatic carbocycles. The van der Waals surface area contributed by atoms with Crippen LogP contribution in [0.1, 0.15) is 18.9 Å². The molecular weight excluding hydrogens is 244 g/mol. The van der Waals surface area contributed by atoms with Crippen molar-refractivity contribution in [2.75, 3.05) is 26.3 Å². The van der Waals surface area contributed by atoms with Crippen molar-refractivity contribution in [3.63, 3.8) is 0 Å². The Balaban J connectivity index is 1.79. The fourth-order valence-electron chi connectivity index (χ4n) is 2.80.